The van der Waals surface area contributed by atoms with Crippen molar-refractivity contribution in [2.45, 2.75) is 25.8 Å². The van der Waals surface area contributed by atoms with Crippen LogP contribution in [0.2, 0.25) is 0 Å². The third kappa shape index (κ3) is 2.13. The zero-order valence-corrected chi connectivity index (χ0v) is 9.90. The highest BCUT2D eigenvalue weighted by Gasteiger charge is 2.15. The van der Waals surface area contributed by atoms with Crippen LogP contribution in [0.15, 0.2) is 22.6 Å². The molecule has 1 aromatic carbocycles. The SMILES string of the molecule is Cc1nc2c(OCC3CCCN3)cccc2o1. The standard InChI is InChI=1S/C13H16N2O2/c1-9-15-13-11(5-2-6-12(13)17-9)16-8-10-4-3-7-14-10/h2,5-6,10,14H,3-4,7-8H2,1H3. The molecule has 1 unspecified atom stereocenters. The second-order valence-electron chi connectivity index (χ2n) is 4.44. The van der Waals surface area contributed by atoms with E-state index in [4.69, 9.17) is 9.15 Å². The number of nitrogens with one attached hydrogen (secondary N) is 1. The first kappa shape index (κ1) is 10.6. The number of ether oxygens (including phenoxy) is 1. The van der Waals surface area contributed by atoms with E-state index in [0.29, 0.717) is 18.5 Å². The molecule has 1 fully saturated rings. The van der Waals surface area contributed by atoms with E-state index in [2.05, 4.69) is 10.3 Å². The van der Waals surface area contributed by atoms with E-state index in [9.17, 15) is 0 Å². The number of benzene rings is 1. The first-order valence-corrected chi connectivity index (χ1v) is 6.05. The van der Waals surface area contributed by atoms with Gasteiger partial charge in [0.2, 0.25) is 0 Å². The molecular weight excluding hydrogens is 216 g/mol. The molecule has 2 aromatic rings. The summed E-state index contributed by atoms with van der Waals surface area (Å²) in [5, 5.41) is 3.41. The molecule has 1 aliphatic heterocycles. The van der Waals surface area contributed by atoms with E-state index in [1.54, 1.807) is 0 Å². The minimum atomic E-state index is 0.471. The molecule has 0 saturated carbocycles. The number of rotatable bonds is 3. The highest BCUT2D eigenvalue weighted by atomic mass is 16.5. The fourth-order valence-corrected chi connectivity index (χ4v) is 2.24. The lowest BCUT2D eigenvalue weighted by molar-refractivity contribution is 0.280. The van der Waals surface area contributed by atoms with Gasteiger partial charge in [-0.2, -0.15) is 0 Å². The molecule has 1 atom stereocenters. The van der Waals surface area contributed by atoms with Crippen LogP contribution in [-0.4, -0.2) is 24.2 Å². The van der Waals surface area contributed by atoms with Crippen LogP contribution in [0, 0.1) is 6.92 Å². The number of aryl methyl sites for hydroxylation is 1. The van der Waals surface area contributed by atoms with Gasteiger partial charge in [0.25, 0.3) is 0 Å². The molecule has 0 aliphatic carbocycles. The van der Waals surface area contributed by atoms with Crippen molar-refractivity contribution in [1.82, 2.24) is 10.3 Å². The monoisotopic (exact) mass is 232 g/mol. The topological polar surface area (TPSA) is 47.3 Å². The van der Waals surface area contributed by atoms with Gasteiger partial charge in [-0.05, 0) is 31.5 Å². The van der Waals surface area contributed by atoms with Crippen molar-refractivity contribution in [1.29, 1.82) is 0 Å². The predicted molar refractivity (Wildman–Crippen MR) is 65.3 cm³/mol. The van der Waals surface area contributed by atoms with E-state index in [1.165, 1.54) is 12.8 Å². The highest BCUT2D eigenvalue weighted by Crippen LogP contribution is 2.25. The summed E-state index contributed by atoms with van der Waals surface area (Å²) in [5.41, 5.74) is 1.61. The van der Waals surface area contributed by atoms with Gasteiger partial charge in [-0.25, -0.2) is 4.98 Å². The molecule has 0 radical (unpaired) electrons. The van der Waals surface area contributed by atoms with Crippen molar-refractivity contribution in [2.24, 2.45) is 0 Å². The van der Waals surface area contributed by atoms with Crippen molar-refractivity contribution in [3.63, 3.8) is 0 Å². The third-order valence-corrected chi connectivity index (χ3v) is 3.09. The molecule has 4 heteroatoms. The summed E-state index contributed by atoms with van der Waals surface area (Å²) >= 11 is 0. The predicted octanol–water partition coefficient (Wildman–Crippen LogP) is 2.27. The Morgan fingerprint density at radius 2 is 2.47 bits per heavy atom. The molecule has 17 heavy (non-hydrogen) atoms. The summed E-state index contributed by atoms with van der Waals surface area (Å²) < 4.78 is 11.3. The van der Waals surface area contributed by atoms with Gasteiger partial charge in [0.05, 0.1) is 0 Å². The smallest absolute Gasteiger partial charge is 0.192 e. The van der Waals surface area contributed by atoms with Gasteiger partial charge in [-0.1, -0.05) is 6.07 Å². The van der Waals surface area contributed by atoms with Crippen LogP contribution >= 0.6 is 0 Å². The molecule has 4 nitrogen and oxygen atoms in total. The molecule has 3 rings (SSSR count). The Labute approximate surface area is 100.0 Å². The zero-order valence-electron chi connectivity index (χ0n) is 9.90. The minimum absolute atomic E-state index is 0.471. The Morgan fingerprint density at radius 1 is 1.53 bits per heavy atom. The van der Waals surface area contributed by atoms with Crippen molar-refractivity contribution in [3.8, 4) is 5.75 Å². The molecular formula is C13H16N2O2. The Bertz CT molecular complexity index is 515. The van der Waals surface area contributed by atoms with Crippen molar-refractivity contribution >= 4 is 11.1 Å². The van der Waals surface area contributed by atoms with E-state index in [0.717, 1.165) is 23.4 Å². The van der Waals surface area contributed by atoms with E-state index < -0.39 is 0 Å². The van der Waals surface area contributed by atoms with Crippen LogP contribution in [0.4, 0.5) is 0 Å². The van der Waals surface area contributed by atoms with Gasteiger partial charge in [-0.15, -0.1) is 0 Å². The Kier molecular flexibility index (Phi) is 2.73. The Hall–Kier alpha value is -1.55. The van der Waals surface area contributed by atoms with Gasteiger partial charge < -0.3 is 14.5 Å². The van der Waals surface area contributed by atoms with E-state index in [1.807, 2.05) is 25.1 Å². The lowest BCUT2D eigenvalue weighted by Crippen LogP contribution is -2.28. The molecule has 1 N–H and O–H groups in total. The molecule has 1 aromatic heterocycles. The number of para-hydroxylation sites is 1. The van der Waals surface area contributed by atoms with Crippen LogP contribution in [0.25, 0.3) is 11.1 Å². The van der Waals surface area contributed by atoms with Gasteiger partial charge in [0.1, 0.15) is 12.4 Å². The van der Waals surface area contributed by atoms with Crippen LogP contribution in [0.3, 0.4) is 0 Å². The number of nitrogens with zero attached hydrogens (tertiary/aromatic N) is 1. The molecule has 1 aliphatic rings. The molecule has 2 heterocycles. The molecule has 0 bridgehead atoms. The quantitative estimate of drug-likeness (QED) is 0.881. The number of hydrogen-bond acceptors (Lipinski definition) is 4. The maximum Gasteiger partial charge on any atom is 0.192 e. The van der Waals surface area contributed by atoms with Crippen molar-refractivity contribution in [2.75, 3.05) is 13.2 Å². The van der Waals surface area contributed by atoms with Gasteiger partial charge in [0.15, 0.2) is 17.0 Å². The highest BCUT2D eigenvalue weighted by molar-refractivity contribution is 5.79. The average Bonchev–Trinajstić information content (AvgIpc) is 2.93. The fraction of sp³-hybridized carbons (Fsp3) is 0.462. The van der Waals surface area contributed by atoms with E-state index >= 15 is 0 Å². The van der Waals surface area contributed by atoms with Crippen LogP contribution in [0.1, 0.15) is 18.7 Å². The Balaban J connectivity index is 1.79. The molecule has 1 saturated heterocycles. The summed E-state index contributed by atoms with van der Waals surface area (Å²) in [6.45, 7) is 3.65. The summed E-state index contributed by atoms with van der Waals surface area (Å²) in [7, 11) is 0. The number of hydrogen-bond donors (Lipinski definition) is 1. The van der Waals surface area contributed by atoms with E-state index in [-0.39, 0.29) is 0 Å². The second-order valence-corrected chi connectivity index (χ2v) is 4.44. The van der Waals surface area contributed by atoms with Crippen LogP contribution < -0.4 is 10.1 Å². The van der Waals surface area contributed by atoms with Crippen molar-refractivity contribution < 1.29 is 9.15 Å². The zero-order chi connectivity index (χ0) is 11.7. The molecule has 0 spiro atoms. The summed E-state index contributed by atoms with van der Waals surface area (Å²) in [5.74, 6) is 1.49. The van der Waals surface area contributed by atoms with Gasteiger partial charge in [-0.3, -0.25) is 0 Å². The van der Waals surface area contributed by atoms with Gasteiger partial charge >= 0.3 is 0 Å². The average molecular weight is 232 g/mol. The normalized spacial score (nSPS) is 19.9. The molecule has 90 valence electrons. The largest absolute Gasteiger partial charge is 0.490 e. The van der Waals surface area contributed by atoms with Crippen LogP contribution in [-0.2, 0) is 0 Å². The third-order valence-electron chi connectivity index (χ3n) is 3.09. The first-order valence-electron chi connectivity index (χ1n) is 6.05. The molecule has 0 amide bonds. The summed E-state index contributed by atoms with van der Waals surface area (Å²) in [4.78, 5) is 4.35. The number of aromatic nitrogens is 1. The Morgan fingerprint density at radius 3 is 3.29 bits per heavy atom. The fourth-order valence-electron chi connectivity index (χ4n) is 2.24. The minimum Gasteiger partial charge on any atom is -0.490 e. The van der Waals surface area contributed by atoms with Gasteiger partial charge in [0, 0.05) is 13.0 Å². The maximum atomic E-state index is 5.83. The summed E-state index contributed by atoms with van der Waals surface area (Å²) in [6, 6.07) is 6.26. The number of oxazole rings is 1. The maximum absolute atomic E-state index is 5.83. The van der Waals surface area contributed by atoms with Crippen LogP contribution in [0.5, 0.6) is 5.75 Å². The summed E-state index contributed by atoms with van der Waals surface area (Å²) in [6.07, 6.45) is 2.43. The van der Waals surface area contributed by atoms with Crippen molar-refractivity contribution in [3.05, 3.63) is 24.1 Å². The second kappa shape index (κ2) is 4.37. The lowest BCUT2D eigenvalue weighted by atomic mass is 10.2. The lowest BCUT2D eigenvalue weighted by Gasteiger charge is -2.11. The number of fused-ring (bicyclic) bond motifs is 1. The first-order chi connectivity index (χ1) is 8.33.